The zero-order valence-electron chi connectivity index (χ0n) is 8.50. The molecule has 1 fully saturated rings. The lowest BCUT2D eigenvalue weighted by Crippen LogP contribution is -2.19. The van der Waals surface area contributed by atoms with Crippen molar-refractivity contribution in [1.29, 1.82) is 0 Å². The first-order chi connectivity index (χ1) is 7.19. The van der Waals surface area contributed by atoms with Crippen molar-refractivity contribution in [3.05, 3.63) is 24.0 Å². The zero-order chi connectivity index (χ0) is 10.8. The second-order valence-corrected chi connectivity index (χ2v) is 3.56. The number of ether oxygens (including phenoxy) is 1. The van der Waals surface area contributed by atoms with E-state index in [1.165, 1.54) is 19.2 Å². The summed E-state index contributed by atoms with van der Waals surface area (Å²) in [6, 6.07) is 4.48. The lowest BCUT2D eigenvalue weighted by atomic mass is 10.2. The summed E-state index contributed by atoms with van der Waals surface area (Å²) < 4.78 is 18.1. The number of methoxy groups -OCH3 is 1. The predicted octanol–water partition coefficient (Wildman–Crippen LogP) is 1.61. The Morgan fingerprint density at radius 3 is 2.80 bits per heavy atom. The molecular weight excluding hydrogens is 197 g/mol. The molecule has 1 aliphatic rings. The van der Waals surface area contributed by atoms with Crippen molar-refractivity contribution < 1.29 is 13.9 Å². The molecule has 0 bridgehead atoms. The van der Waals surface area contributed by atoms with Crippen LogP contribution >= 0.6 is 0 Å². The summed E-state index contributed by atoms with van der Waals surface area (Å²) in [6.45, 7) is 1.03. The van der Waals surface area contributed by atoms with Crippen LogP contribution in [0.1, 0.15) is 6.42 Å². The molecule has 0 saturated carbocycles. The van der Waals surface area contributed by atoms with Gasteiger partial charge in [0.05, 0.1) is 13.7 Å². The number of carbonyl (C=O) groups excluding carboxylic acids is 1. The van der Waals surface area contributed by atoms with Crippen LogP contribution in [-0.2, 0) is 4.79 Å². The topological polar surface area (TPSA) is 29.5 Å². The number of halogens is 1. The minimum atomic E-state index is -0.344. The van der Waals surface area contributed by atoms with Gasteiger partial charge in [-0.2, -0.15) is 0 Å². The Kier molecular flexibility index (Phi) is 2.58. The molecule has 1 aliphatic heterocycles. The van der Waals surface area contributed by atoms with E-state index in [1.807, 2.05) is 4.90 Å². The Labute approximate surface area is 87.5 Å². The van der Waals surface area contributed by atoms with Gasteiger partial charge < -0.3 is 9.64 Å². The largest absolute Gasteiger partial charge is 0.497 e. The summed E-state index contributed by atoms with van der Waals surface area (Å²) in [6.07, 6.45) is 0.541. The number of Topliss-reactive ketones (excluding diaryl/α,β-unsaturated/α-hetero) is 1. The molecule has 4 heteroatoms. The maximum atomic E-state index is 13.2. The van der Waals surface area contributed by atoms with Crippen molar-refractivity contribution in [3.8, 4) is 5.75 Å². The van der Waals surface area contributed by atoms with E-state index < -0.39 is 0 Å². The summed E-state index contributed by atoms with van der Waals surface area (Å²) in [5, 5.41) is 0. The van der Waals surface area contributed by atoms with Crippen molar-refractivity contribution >= 4 is 11.5 Å². The molecule has 0 atom stereocenters. The first-order valence-electron chi connectivity index (χ1n) is 4.80. The van der Waals surface area contributed by atoms with Gasteiger partial charge in [-0.05, 0) is 6.07 Å². The van der Waals surface area contributed by atoms with Crippen LogP contribution in [0.25, 0.3) is 0 Å². The minimum absolute atomic E-state index is 0.193. The molecule has 0 N–H and O–H groups in total. The number of benzene rings is 1. The number of ketones is 1. The molecule has 0 aromatic heterocycles. The molecule has 0 radical (unpaired) electrons. The monoisotopic (exact) mass is 209 g/mol. The Balaban J connectivity index is 2.27. The van der Waals surface area contributed by atoms with E-state index in [9.17, 15) is 9.18 Å². The number of nitrogens with zero attached hydrogens (tertiary/aromatic N) is 1. The molecule has 2 rings (SSSR count). The van der Waals surface area contributed by atoms with Crippen molar-refractivity contribution in [2.75, 3.05) is 25.1 Å². The van der Waals surface area contributed by atoms with Gasteiger partial charge in [0.1, 0.15) is 11.6 Å². The number of hydrogen-bond acceptors (Lipinski definition) is 3. The van der Waals surface area contributed by atoms with Crippen LogP contribution in [-0.4, -0.2) is 26.0 Å². The van der Waals surface area contributed by atoms with Crippen molar-refractivity contribution in [2.24, 2.45) is 0 Å². The molecule has 1 saturated heterocycles. The molecular formula is C11H12FNO2. The molecule has 1 heterocycles. The SMILES string of the molecule is COc1cc(F)cc(N2CCC(=O)C2)c1. The quantitative estimate of drug-likeness (QED) is 0.741. The molecule has 3 nitrogen and oxygen atoms in total. The molecule has 0 amide bonds. The van der Waals surface area contributed by atoms with E-state index >= 15 is 0 Å². The van der Waals surface area contributed by atoms with Crippen molar-refractivity contribution in [2.45, 2.75) is 6.42 Å². The number of anilines is 1. The maximum absolute atomic E-state index is 13.2. The van der Waals surface area contributed by atoms with E-state index in [-0.39, 0.29) is 11.6 Å². The van der Waals surface area contributed by atoms with Crippen LogP contribution in [0.4, 0.5) is 10.1 Å². The van der Waals surface area contributed by atoms with E-state index in [1.54, 1.807) is 6.07 Å². The standard InChI is InChI=1S/C11H12FNO2/c1-15-11-5-8(12)4-9(6-11)13-3-2-10(14)7-13/h4-6H,2-3,7H2,1H3. The molecule has 1 aromatic carbocycles. The van der Waals surface area contributed by atoms with Gasteiger partial charge in [0, 0.05) is 30.8 Å². The third-order valence-corrected chi connectivity index (χ3v) is 2.48. The molecule has 0 unspecified atom stereocenters. The Hall–Kier alpha value is -1.58. The summed E-state index contributed by atoms with van der Waals surface area (Å²) in [4.78, 5) is 13.0. The highest BCUT2D eigenvalue weighted by molar-refractivity contribution is 5.87. The zero-order valence-corrected chi connectivity index (χ0v) is 8.50. The third-order valence-electron chi connectivity index (χ3n) is 2.48. The maximum Gasteiger partial charge on any atom is 0.153 e. The van der Waals surface area contributed by atoms with E-state index in [2.05, 4.69) is 0 Å². The van der Waals surface area contributed by atoms with Crippen LogP contribution in [0.3, 0.4) is 0 Å². The van der Waals surface area contributed by atoms with Crippen molar-refractivity contribution in [3.63, 3.8) is 0 Å². The normalized spacial score (nSPS) is 15.9. The summed E-state index contributed by atoms with van der Waals surface area (Å²) in [5.41, 5.74) is 0.706. The molecule has 0 aliphatic carbocycles. The summed E-state index contributed by atoms with van der Waals surface area (Å²) >= 11 is 0. The van der Waals surface area contributed by atoms with Crippen LogP contribution in [0.5, 0.6) is 5.75 Å². The Morgan fingerprint density at radius 1 is 1.40 bits per heavy atom. The highest BCUT2D eigenvalue weighted by Crippen LogP contribution is 2.25. The van der Waals surface area contributed by atoms with Gasteiger partial charge in [-0.3, -0.25) is 4.79 Å². The Bertz CT molecular complexity index is 392. The first kappa shape index (κ1) is 9.96. The van der Waals surface area contributed by atoms with Crippen LogP contribution in [0, 0.1) is 5.82 Å². The smallest absolute Gasteiger partial charge is 0.153 e. The third kappa shape index (κ3) is 2.09. The fraction of sp³-hybridized carbons (Fsp3) is 0.364. The van der Waals surface area contributed by atoms with Crippen LogP contribution < -0.4 is 9.64 Å². The van der Waals surface area contributed by atoms with Gasteiger partial charge in [0.15, 0.2) is 5.78 Å². The van der Waals surface area contributed by atoms with E-state index in [0.717, 1.165) is 0 Å². The Morgan fingerprint density at radius 2 is 2.20 bits per heavy atom. The molecule has 1 aromatic rings. The van der Waals surface area contributed by atoms with Gasteiger partial charge in [0.25, 0.3) is 0 Å². The van der Waals surface area contributed by atoms with Gasteiger partial charge in [-0.1, -0.05) is 0 Å². The fourth-order valence-electron chi connectivity index (χ4n) is 1.70. The summed E-state index contributed by atoms with van der Waals surface area (Å²) in [7, 11) is 1.49. The second kappa shape index (κ2) is 3.88. The van der Waals surface area contributed by atoms with Gasteiger partial charge >= 0.3 is 0 Å². The highest BCUT2D eigenvalue weighted by Gasteiger charge is 2.20. The van der Waals surface area contributed by atoms with E-state index in [0.29, 0.717) is 30.9 Å². The van der Waals surface area contributed by atoms with E-state index in [4.69, 9.17) is 4.74 Å². The fourth-order valence-corrected chi connectivity index (χ4v) is 1.70. The second-order valence-electron chi connectivity index (χ2n) is 3.56. The number of carbonyl (C=O) groups is 1. The van der Waals surface area contributed by atoms with Crippen LogP contribution in [0.2, 0.25) is 0 Å². The number of rotatable bonds is 2. The molecule has 80 valence electrons. The highest BCUT2D eigenvalue weighted by atomic mass is 19.1. The average Bonchev–Trinajstić information content (AvgIpc) is 2.64. The lowest BCUT2D eigenvalue weighted by Gasteiger charge is -2.17. The predicted molar refractivity (Wildman–Crippen MR) is 54.8 cm³/mol. The van der Waals surface area contributed by atoms with Gasteiger partial charge in [-0.15, -0.1) is 0 Å². The van der Waals surface area contributed by atoms with Crippen molar-refractivity contribution in [1.82, 2.24) is 0 Å². The van der Waals surface area contributed by atoms with Crippen LogP contribution in [0.15, 0.2) is 18.2 Å². The van der Waals surface area contributed by atoms with Gasteiger partial charge in [-0.25, -0.2) is 4.39 Å². The molecule has 15 heavy (non-hydrogen) atoms. The number of hydrogen-bond donors (Lipinski definition) is 0. The first-order valence-corrected chi connectivity index (χ1v) is 4.80. The lowest BCUT2D eigenvalue weighted by molar-refractivity contribution is -0.116. The summed E-state index contributed by atoms with van der Waals surface area (Å²) in [5.74, 6) is 0.325. The average molecular weight is 209 g/mol. The van der Waals surface area contributed by atoms with Gasteiger partial charge in [0.2, 0.25) is 0 Å². The molecule has 0 spiro atoms. The minimum Gasteiger partial charge on any atom is -0.497 e.